The first-order chi connectivity index (χ1) is 17.3. The van der Waals surface area contributed by atoms with E-state index in [0.29, 0.717) is 0 Å². The highest BCUT2D eigenvalue weighted by atomic mass is 32.2. The lowest BCUT2D eigenvalue weighted by Crippen LogP contribution is -2.15. The molecule has 170 valence electrons. The summed E-state index contributed by atoms with van der Waals surface area (Å²) >= 11 is 5.64. The van der Waals surface area contributed by atoms with Crippen LogP contribution in [0.15, 0.2) is 125 Å². The van der Waals surface area contributed by atoms with Gasteiger partial charge in [-0.25, -0.2) is 0 Å². The average Bonchev–Trinajstić information content (AvgIpc) is 2.91. The van der Waals surface area contributed by atoms with Crippen LogP contribution in [-0.2, 0) is 0 Å². The second-order valence-corrected chi connectivity index (χ2v) is 10.2. The van der Waals surface area contributed by atoms with Crippen LogP contribution >= 0.6 is 24.4 Å². The summed E-state index contributed by atoms with van der Waals surface area (Å²) in [5.74, 6) is 0.944. The van der Waals surface area contributed by atoms with Crippen molar-refractivity contribution in [3.8, 4) is 0 Å². The Morgan fingerprint density at radius 3 is 1.77 bits per heavy atom. The van der Waals surface area contributed by atoms with Crippen LogP contribution in [0.25, 0.3) is 32.3 Å². The van der Waals surface area contributed by atoms with Crippen molar-refractivity contribution in [1.82, 2.24) is 0 Å². The Morgan fingerprint density at radius 1 is 0.571 bits per heavy atom. The molecule has 1 nitrogen and oxygen atoms in total. The number of fused-ring (bicyclic) bond motifs is 7. The topological polar surface area (TPSA) is 3.24 Å². The average molecular weight is 488 g/mol. The first-order valence-corrected chi connectivity index (χ1v) is 13.3. The van der Waals surface area contributed by atoms with Crippen molar-refractivity contribution in [3.63, 3.8) is 0 Å². The molecule has 0 amide bonds. The van der Waals surface area contributed by atoms with Gasteiger partial charge >= 0.3 is 0 Å². The maximum Gasteiger partial charge on any atom is 0.0601 e. The molecular formula is C32H25NS2. The van der Waals surface area contributed by atoms with Crippen molar-refractivity contribution < 1.29 is 0 Å². The molecule has 35 heavy (non-hydrogen) atoms. The molecule has 0 unspecified atom stereocenters. The highest BCUT2D eigenvalue weighted by molar-refractivity contribution is 7.99. The summed E-state index contributed by atoms with van der Waals surface area (Å²) in [5.41, 5.74) is 3.70. The predicted octanol–water partition coefficient (Wildman–Crippen LogP) is 10.0. The summed E-state index contributed by atoms with van der Waals surface area (Å²) in [7, 11) is 0. The standard InChI is InChI=1S/C30H19NS.C2H6S/c1-2-10-22-20(9-1)17-18-21-19-27(23-11-3-4-12-24(23)30(21)22)31-25-13-5-7-15-28(25)32-29-16-8-6-14-26(29)31;1-2-3/h1-19H;3H,2H2,1H3. The van der Waals surface area contributed by atoms with E-state index < -0.39 is 0 Å². The molecule has 3 heteroatoms. The van der Waals surface area contributed by atoms with Crippen molar-refractivity contribution in [2.24, 2.45) is 0 Å². The molecule has 6 aromatic rings. The molecule has 0 aliphatic carbocycles. The number of hydrogen-bond donors (Lipinski definition) is 1. The van der Waals surface area contributed by atoms with E-state index >= 15 is 0 Å². The first kappa shape index (κ1) is 22.1. The van der Waals surface area contributed by atoms with Gasteiger partial charge in [-0.15, -0.1) is 0 Å². The summed E-state index contributed by atoms with van der Waals surface area (Å²) in [6, 6.07) is 41.8. The molecule has 6 aromatic carbocycles. The Bertz CT molecular complexity index is 1640. The monoisotopic (exact) mass is 487 g/mol. The van der Waals surface area contributed by atoms with E-state index in [1.165, 1.54) is 59.2 Å². The first-order valence-electron chi connectivity index (χ1n) is 11.9. The molecule has 0 bridgehead atoms. The molecule has 7 rings (SSSR count). The Hall–Kier alpha value is -3.40. The van der Waals surface area contributed by atoms with E-state index in [9.17, 15) is 0 Å². The molecule has 0 radical (unpaired) electrons. The minimum atomic E-state index is 0.944. The summed E-state index contributed by atoms with van der Waals surface area (Å²) in [6.45, 7) is 1.99. The SMILES string of the molecule is CCS.c1ccc2c(c1)Sc1ccccc1N2c1cc2ccc3ccccc3c2c2ccccc12. The summed E-state index contributed by atoms with van der Waals surface area (Å²) < 4.78 is 0. The lowest BCUT2D eigenvalue weighted by molar-refractivity contribution is 1.17. The zero-order chi connectivity index (χ0) is 23.8. The molecule has 0 saturated heterocycles. The van der Waals surface area contributed by atoms with Gasteiger partial charge in [-0.1, -0.05) is 104 Å². The van der Waals surface area contributed by atoms with Crippen LogP contribution in [0.1, 0.15) is 6.92 Å². The second kappa shape index (κ2) is 9.33. The predicted molar refractivity (Wildman–Crippen MR) is 157 cm³/mol. The number of hydrogen-bond acceptors (Lipinski definition) is 3. The van der Waals surface area contributed by atoms with Crippen molar-refractivity contribution in [1.29, 1.82) is 0 Å². The van der Waals surface area contributed by atoms with E-state index in [-0.39, 0.29) is 0 Å². The fourth-order valence-electron chi connectivity index (χ4n) is 5.01. The second-order valence-electron chi connectivity index (χ2n) is 8.52. The zero-order valence-electron chi connectivity index (χ0n) is 19.5. The van der Waals surface area contributed by atoms with Gasteiger partial charge in [0.15, 0.2) is 0 Å². The van der Waals surface area contributed by atoms with Gasteiger partial charge in [-0.3, -0.25) is 0 Å². The van der Waals surface area contributed by atoms with Crippen molar-refractivity contribution in [3.05, 3.63) is 115 Å². The number of thiol groups is 1. The Balaban J connectivity index is 0.000000727. The summed E-state index contributed by atoms with van der Waals surface area (Å²) in [4.78, 5) is 5.01. The molecule has 1 aliphatic heterocycles. The molecule has 1 aliphatic rings. The number of anilines is 3. The Labute approximate surface area is 215 Å². The van der Waals surface area contributed by atoms with E-state index in [1.54, 1.807) is 0 Å². The fourth-order valence-corrected chi connectivity index (χ4v) is 6.07. The van der Waals surface area contributed by atoms with Crippen molar-refractivity contribution >= 4 is 73.8 Å². The lowest BCUT2D eigenvalue weighted by atomic mass is 9.94. The van der Waals surface area contributed by atoms with Gasteiger partial charge in [0.25, 0.3) is 0 Å². The maximum absolute atomic E-state index is 3.79. The minimum Gasteiger partial charge on any atom is -0.308 e. The molecule has 0 spiro atoms. The fraction of sp³-hybridized carbons (Fsp3) is 0.0625. The van der Waals surface area contributed by atoms with E-state index in [4.69, 9.17) is 0 Å². The van der Waals surface area contributed by atoms with Crippen LogP contribution < -0.4 is 4.90 Å². The summed E-state index contributed by atoms with van der Waals surface area (Å²) in [5, 5.41) is 7.75. The molecule has 1 heterocycles. The largest absolute Gasteiger partial charge is 0.308 e. The molecule has 0 fully saturated rings. The molecule has 0 N–H and O–H groups in total. The number of para-hydroxylation sites is 2. The van der Waals surface area contributed by atoms with E-state index in [2.05, 4.69) is 133 Å². The third-order valence-electron chi connectivity index (χ3n) is 6.40. The highest BCUT2D eigenvalue weighted by Gasteiger charge is 2.26. The smallest absolute Gasteiger partial charge is 0.0601 e. The van der Waals surface area contributed by atoms with Gasteiger partial charge in [-0.05, 0) is 63.0 Å². The van der Waals surface area contributed by atoms with Crippen LogP contribution in [-0.4, -0.2) is 5.75 Å². The maximum atomic E-state index is 3.79. The van der Waals surface area contributed by atoms with Crippen molar-refractivity contribution in [2.45, 2.75) is 16.7 Å². The minimum absolute atomic E-state index is 0.944. The Kier molecular flexibility index (Phi) is 5.89. The van der Waals surface area contributed by atoms with Gasteiger partial charge in [0, 0.05) is 15.2 Å². The zero-order valence-corrected chi connectivity index (χ0v) is 21.2. The van der Waals surface area contributed by atoms with Crippen LogP contribution in [0.4, 0.5) is 17.1 Å². The third kappa shape index (κ3) is 3.76. The van der Waals surface area contributed by atoms with E-state index in [1.807, 2.05) is 18.7 Å². The highest BCUT2D eigenvalue weighted by Crippen LogP contribution is 2.53. The molecule has 0 atom stereocenters. The van der Waals surface area contributed by atoms with E-state index in [0.717, 1.165) is 5.75 Å². The quantitative estimate of drug-likeness (QED) is 0.181. The lowest BCUT2D eigenvalue weighted by Gasteiger charge is -2.34. The summed E-state index contributed by atoms with van der Waals surface area (Å²) in [6.07, 6.45) is 0. The molecular weight excluding hydrogens is 462 g/mol. The third-order valence-corrected chi connectivity index (χ3v) is 7.53. The van der Waals surface area contributed by atoms with Gasteiger partial charge in [0.05, 0.1) is 17.1 Å². The molecule has 0 aromatic heterocycles. The number of nitrogens with zero attached hydrogens (tertiary/aromatic N) is 1. The van der Waals surface area contributed by atoms with Crippen LogP contribution in [0.2, 0.25) is 0 Å². The Morgan fingerprint density at radius 2 is 1.09 bits per heavy atom. The van der Waals surface area contributed by atoms with Gasteiger partial charge in [0.1, 0.15) is 0 Å². The van der Waals surface area contributed by atoms with Gasteiger partial charge < -0.3 is 4.90 Å². The van der Waals surface area contributed by atoms with Gasteiger partial charge in [-0.2, -0.15) is 12.6 Å². The van der Waals surface area contributed by atoms with Crippen molar-refractivity contribution in [2.75, 3.05) is 10.7 Å². The number of rotatable bonds is 1. The van der Waals surface area contributed by atoms with Crippen LogP contribution in [0.3, 0.4) is 0 Å². The van der Waals surface area contributed by atoms with Gasteiger partial charge in [0.2, 0.25) is 0 Å². The van der Waals surface area contributed by atoms with Crippen LogP contribution in [0, 0.1) is 0 Å². The number of benzene rings is 6. The molecule has 0 saturated carbocycles. The van der Waals surface area contributed by atoms with Crippen LogP contribution in [0.5, 0.6) is 0 Å². The normalized spacial score (nSPS) is 12.2.